The Hall–Kier alpha value is -0.160. The van der Waals surface area contributed by atoms with Crippen molar-refractivity contribution in [2.75, 3.05) is 53.0 Å². The second kappa shape index (κ2) is 9.70. The lowest BCUT2D eigenvalue weighted by Crippen LogP contribution is -2.42. The topological polar surface area (TPSA) is 24.9 Å². The zero-order valence-corrected chi connectivity index (χ0v) is 13.2. The van der Waals surface area contributed by atoms with Gasteiger partial charge in [0.05, 0.1) is 25.4 Å². The van der Waals surface area contributed by atoms with Crippen molar-refractivity contribution in [1.29, 1.82) is 0 Å². The van der Waals surface area contributed by atoms with Gasteiger partial charge in [0.1, 0.15) is 0 Å². The lowest BCUT2D eigenvalue weighted by Gasteiger charge is -2.30. The highest BCUT2D eigenvalue weighted by atomic mass is 16.5. The molecule has 0 aromatic heterocycles. The Morgan fingerprint density at radius 3 is 2.47 bits per heavy atom. The molecule has 0 aromatic carbocycles. The van der Waals surface area contributed by atoms with Gasteiger partial charge in [-0.05, 0) is 20.0 Å². The normalized spacial score (nSPS) is 29.1. The van der Waals surface area contributed by atoms with Gasteiger partial charge < -0.3 is 19.3 Å². The average Bonchev–Trinajstić information content (AvgIpc) is 2.85. The zero-order chi connectivity index (χ0) is 14.1. The van der Waals surface area contributed by atoms with Gasteiger partial charge in [-0.1, -0.05) is 27.2 Å². The highest BCUT2D eigenvalue weighted by Crippen LogP contribution is 2.13. The van der Waals surface area contributed by atoms with Gasteiger partial charge >= 0.3 is 0 Å². The molecular weight excluding hydrogens is 240 g/mol. The summed E-state index contributed by atoms with van der Waals surface area (Å²) in [5, 5.41) is 0. The molecule has 2 heterocycles. The molecule has 114 valence electrons. The summed E-state index contributed by atoms with van der Waals surface area (Å²) in [6, 6.07) is 0. The second-order valence-electron chi connectivity index (χ2n) is 5.60. The third-order valence-electron chi connectivity index (χ3n) is 3.54. The molecular formula is C15H32N2O2. The van der Waals surface area contributed by atoms with Gasteiger partial charge in [-0.3, -0.25) is 0 Å². The second-order valence-corrected chi connectivity index (χ2v) is 5.60. The van der Waals surface area contributed by atoms with E-state index in [2.05, 4.69) is 37.6 Å². The van der Waals surface area contributed by atoms with Crippen LogP contribution in [0.1, 0.15) is 33.6 Å². The summed E-state index contributed by atoms with van der Waals surface area (Å²) < 4.78 is 11.6. The smallest absolute Gasteiger partial charge is 0.0935 e. The van der Waals surface area contributed by atoms with Crippen molar-refractivity contribution < 1.29 is 9.47 Å². The summed E-state index contributed by atoms with van der Waals surface area (Å²) in [5.74, 6) is 0. The molecule has 2 aliphatic rings. The molecule has 0 saturated carbocycles. The van der Waals surface area contributed by atoms with Crippen molar-refractivity contribution in [2.24, 2.45) is 0 Å². The Morgan fingerprint density at radius 1 is 1.16 bits per heavy atom. The van der Waals surface area contributed by atoms with E-state index >= 15 is 0 Å². The molecule has 2 unspecified atom stereocenters. The fourth-order valence-electron chi connectivity index (χ4n) is 2.43. The number of hydrogen-bond donors (Lipinski definition) is 0. The number of likely N-dealkylation sites (tertiary alicyclic amines) is 1. The molecule has 2 rings (SSSR count). The van der Waals surface area contributed by atoms with Gasteiger partial charge in [0.2, 0.25) is 0 Å². The molecule has 19 heavy (non-hydrogen) atoms. The molecule has 2 atom stereocenters. The molecule has 4 heteroatoms. The lowest BCUT2D eigenvalue weighted by molar-refractivity contribution is -0.0781. The highest BCUT2D eigenvalue weighted by molar-refractivity contribution is 4.76. The van der Waals surface area contributed by atoms with E-state index in [0.29, 0.717) is 6.10 Å². The van der Waals surface area contributed by atoms with Crippen LogP contribution in [0.15, 0.2) is 0 Å². The van der Waals surface area contributed by atoms with Crippen molar-refractivity contribution in [2.45, 2.75) is 45.8 Å². The van der Waals surface area contributed by atoms with Gasteiger partial charge in [-0.15, -0.1) is 0 Å². The molecule has 0 N–H and O–H groups in total. The molecule has 4 nitrogen and oxygen atoms in total. The molecule has 0 aliphatic carbocycles. The molecule has 2 aliphatic heterocycles. The van der Waals surface area contributed by atoms with Crippen LogP contribution < -0.4 is 0 Å². The van der Waals surface area contributed by atoms with Crippen molar-refractivity contribution in [1.82, 2.24) is 9.80 Å². The molecule has 0 amide bonds. The summed E-state index contributed by atoms with van der Waals surface area (Å²) >= 11 is 0. The predicted molar refractivity (Wildman–Crippen MR) is 79.7 cm³/mol. The van der Waals surface area contributed by atoms with Gasteiger partial charge in [0, 0.05) is 26.2 Å². The monoisotopic (exact) mass is 272 g/mol. The molecule has 0 spiro atoms. The molecule has 0 bridgehead atoms. The van der Waals surface area contributed by atoms with Crippen LogP contribution in [-0.2, 0) is 9.47 Å². The van der Waals surface area contributed by atoms with Gasteiger partial charge in [0.25, 0.3) is 0 Å². The fraction of sp³-hybridized carbons (Fsp3) is 1.00. The van der Waals surface area contributed by atoms with E-state index in [-0.39, 0.29) is 6.10 Å². The van der Waals surface area contributed by atoms with E-state index in [1.54, 1.807) is 0 Å². The van der Waals surface area contributed by atoms with Crippen LogP contribution in [0, 0.1) is 0 Å². The first-order chi connectivity index (χ1) is 9.19. The van der Waals surface area contributed by atoms with Crippen LogP contribution in [0.5, 0.6) is 0 Å². The maximum Gasteiger partial charge on any atom is 0.0935 e. The first-order valence-corrected chi connectivity index (χ1v) is 7.83. The van der Waals surface area contributed by atoms with Gasteiger partial charge in [-0.25, -0.2) is 0 Å². The Bertz CT molecular complexity index is 226. The predicted octanol–water partition coefficient (Wildman–Crippen LogP) is 1.84. The lowest BCUT2D eigenvalue weighted by atomic mass is 10.3. The summed E-state index contributed by atoms with van der Waals surface area (Å²) in [6.07, 6.45) is 3.13. The minimum atomic E-state index is 0.273. The molecule has 0 radical (unpaired) electrons. The maximum atomic E-state index is 5.93. The van der Waals surface area contributed by atoms with E-state index in [9.17, 15) is 0 Å². The van der Waals surface area contributed by atoms with Crippen molar-refractivity contribution in [3.8, 4) is 0 Å². The van der Waals surface area contributed by atoms with E-state index in [4.69, 9.17) is 9.47 Å². The number of nitrogens with zero attached hydrogens (tertiary/aromatic N) is 2. The minimum absolute atomic E-state index is 0.273. The first kappa shape index (κ1) is 16.9. The third kappa shape index (κ3) is 6.70. The maximum absolute atomic E-state index is 5.93. The van der Waals surface area contributed by atoms with E-state index in [1.807, 2.05) is 0 Å². The largest absolute Gasteiger partial charge is 0.374 e. The number of rotatable bonds is 4. The number of likely N-dealkylation sites (N-methyl/N-ethyl adjacent to an activating group) is 2. The van der Waals surface area contributed by atoms with E-state index < -0.39 is 0 Å². The SMILES string of the molecule is CCC.CCN1CCC(OCC2CN(C)CCO2)C1. The first-order valence-electron chi connectivity index (χ1n) is 7.83. The van der Waals surface area contributed by atoms with Gasteiger partial charge in [0.15, 0.2) is 0 Å². The Morgan fingerprint density at radius 2 is 1.89 bits per heavy atom. The van der Waals surface area contributed by atoms with Gasteiger partial charge in [-0.2, -0.15) is 0 Å². The number of ether oxygens (including phenoxy) is 2. The number of morpholine rings is 1. The molecule has 0 aromatic rings. The Balaban J connectivity index is 0.000000550. The highest BCUT2D eigenvalue weighted by Gasteiger charge is 2.24. The van der Waals surface area contributed by atoms with Crippen LogP contribution in [-0.4, -0.2) is 75.0 Å². The van der Waals surface area contributed by atoms with Crippen LogP contribution in [0.3, 0.4) is 0 Å². The molecule has 2 fully saturated rings. The summed E-state index contributed by atoms with van der Waals surface area (Å²) in [4.78, 5) is 4.75. The Kier molecular flexibility index (Phi) is 8.62. The quantitative estimate of drug-likeness (QED) is 0.780. The van der Waals surface area contributed by atoms with Crippen molar-refractivity contribution in [3.05, 3.63) is 0 Å². The van der Waals surface area contributed by atoms with Crippen molar-refractivity contribution >= 4 is 0 Å². The van der Waals surface area contributed by atoms with Crippen LogP contribution in [0.4, 0.5) is 0 Å². The van der Waals surface area contributed by atoms with Crippen molar-refractivity contribution in [3.63, 3.8) is 0 Å². The standard InChI is InChI=1S/C12H24N2O2.C3H8/c1-3-14-5-4-11(9-14)16-10-12-8-13(2)6-7-15-12;1-3-2/h11-12H,3-10H2,1-2H3;3H2,1-2H3. The van der Waals surface area contributed by atoms with E-state index in [0.717, 1.165) is 39.4 Å². The van der Waals surface area contributed by atoms with E-state index in [1.165, 1.54) is 19.4 Å². The zero-order valence-electron chi connectivity index (χ0n) is 13.2. The van der Waals surface area contributed by atoms with Crippen LogP contribution in [0.25, 0.3) is 0 Å². The minimum Gasteiger partial charge on any atom is -0.374 e. The van der Waals surface area contributed by atoms with Crippen LogP contribution in [0.2, 0.25) is 0 Å². The Labute approximate surface area is 119 Å². The third-order valence-corrected chi connectivity index (χ3v) is 3.54. The fourth-order valence-corrected chi connectivity index (χ4v) is 2.43. The van der Waals surface area contributed by atoms with Crippen LogP contribution >= 0.6 is 0 Å². The molecule has 2 saturated heterocycles. The average molecular weight is 272 g/mol. The summed E-state index contributed by atoms with van der Waals surface area (Å²) in [5.41, 5.74) is 0. The summed E-state index contributed by atoms with van der Waals surface area (Å²) in [7, 11) is 2.14. The summed E-state index contributed by atoms with van der Waals surface area (Å²) in [6.45, 7) is 13.5. The number of hydrogen-bond acceptors (Lipinski definition) is 4.